The van der Waals surface area contributed by atoms with Gasteiger partial charge in [-0.15, -0.1) is 0 Å². The highest BCUT2D eigenvalue weighted by atomic mass is 14.3. The van der Waals surface area contributed by atoms with Crippen molar-refractivity contribution in [1.82, 2.24) is 0 Å². The third-order valence-electron chi connectivity index (χ3n) is 13.2. The summed E-state index contributed by atoms with van der Waals surface area (Å²) in [6, 6.07) is 96.6. The Labute approximate surface area is 385 Å². The highest BCUT2D eigenvalue weighted by Crippen LogP contribution is 2.53. The van der Waals surface area contributed by atoms with Gasteiger partial charge in [0.05, 0.1) is 0 Å². The molecule has 0 amide bonds. The molecule has 0 fully saturated rings. The zero-order valence-electron chi connectivity index (χ0n) is 36.4. The van der Waals surface area contributed by atoms with Crippen LogP contribution in [0.2, 0.25) is 0 Å². The minimum absolute atomic E-state index is 1.23. The van der Waals surface area contributed by atoms with Gasteiger partial charge in [0.1, 0.15) is 0 Å². The summed E-state index contributed by atoms with van der Waals surface area (Å²) in [5.41, 5.74) is 12.6. The quantitative estimate of drug-likeness (QED) is 0.152. The summed E-state index contributed by atoms with van der Waals surface area (Å²) in [4.78, 5) is 0. The second-order valence-electron chi connectivity index (χ2n) is 17.1. The van der Waals surface area contributed by atoms with Crippen LogP contribution in [0.1, 0.15) is 0 Å². The van der Waals surface area contributed by atoms with E-state index in [1.165, 1.54) is 120 Å². The normalized spacial score (nSPS) is 11.3. The fourth-order valence-corrected chi connectivity index (χ4v) is 10.3. The molecule has 0 radical (unpaired) electrons. The van der Waals surface area contributed by atoms with E-state index in [0.717, 1.165) is 0 Å². The molecule has 0 saturated heterocycles. The van der Waals surface area contributed by atoms with Gasteiger partial charge in [-0.2, -0.15) is 0 Å². The van der Waals surface area contributed by atoms with Crippen molar-refractivity contribution in [2.45, 2.75) is 0 Å². The molecule has 13 aromatic carbocycles. The summed E-state index contributed by atoms with van der Waals surface area (Å²) in [5, 5.41) is 15.4. The molecule has 0 saturated carbocycles. The lowest BCUT2D eigenvalue weighted by atomic mass is 9.77. The van der Waals surface area contributed by atoms with E-state index in [-0.39, 0.29) is 0 Å². The van der Waals surface area contributed by atoms with Gasteiger partial charge in [0.25, 0.3) is 0 Å². The van der Waals surface area contributed by atoms with Gasteiger partial charge < -0.3 is 0 Å². The van der Waals surface area contributed by atoms with Crippen molar-refractivity contribution in [1.29, 1.82) is 0 Å². The standard InChI is InChI=1S/C42H28.C24H16/c1-5-17-29(18-6-1)37-33-25-13-14-26-34(33)39(31-21-9-3-10-22-31)42-40(32-23-11-4-12-24-32)36-28-16-15-27-35(36)38(41(37)42)30-19-7-2-8-20-30;1-2-7-17(8-3-1)23-12-6-11-20-15-21-13-18-9-4-5-10-19(18)14-22(21)16-24(20)23/h1-28H;1-16H. The topological polar surface area (TPSA) is 0 Å². The SMILES string of the molecule is c1ccc(-c2c3ccccc3c(-c3ccccc3)c3c(-c4ccccc4)c4ccccc4c(-c4ccccc4)c23)cc1.c1ccc(-c2cccc3cc4cc5ccccc5cc4cc23)cc1. The maximum absolute atomic E-state index is 2.33. The summed E-state index contributed by atoms with van der Waals surface area (Å²) in [5.74, 6) is 0. The molecule has 0 atom stereocenters. The van der Waals surface area contributed by atoms with Crippen LogP contribution in [0, 0.1) is 0 Å². The Balaban J connectivity index is 0.000000160. The molecule has 0 aromatic heterocycles. The van der Waals surface area contributed by atoms with Gasteiger partial charge in [0, 0.05) is 0 Å². The van der Waals surface area contributed by atoms with Gasteiger partial charge in [-0.3, -0.25) is 0 Å². The Morgan fingerprint density at radius 3 is 0.833 bits per heavy atom. The Bertz CT molecular complexity index is 3560. The van der Waals surface area contributed by atoms with E-state index in [4.69, 9.17) is 0 Å². The Morgan fingerprint density at radius 1 is 0.167 bits per heavy atom. The predicted octanol–water partition coefficient (Wildman–Crippen LogP) is 18.6. The van der Waals surface area contributed by atoms with E-state index in [9.17, 15) is 0 Å². The van der Waals surface area contributed by atoms with Crippen molar-refractivity contribution >= 4 is 64.6 Å². The van der Waals surface area contributed by atoms with Gasteiger partial charge in [-0.05, 0) is 145 Å². The van der Waals surface area contributed by atoms with Crippen LogP contribution in [0.15, 0.2) is 267 Å². The first-order valence-electron chi connectivity index (χ1n) is 22.8. The molecule has 66 heavy (non-hydrogen) atoms. The van der Waals surface area contributed by atoms with Crippen LogP contribution in [0.5, 0.6) is 0 Å². The van der Waals surface area contributed by atoms with Crippen molar-refractivity contribution in [3.05, 3.63) is 267 Å². The maximum atomic E-state index is 2.33. The molecular formula is C66H44. The summed E-state index contributed by atoms with van der Waals surface area (Å²) < 4.78 is 0. The van der Waals surface area contributed by atoms with Crippen molar-refractivity contribution in [2.24, 2.45) is 0 Å². The first-order valence-corrected chi connectivity index (χ1v) is 22.8. The molecule has 308 valence electrons. The molecule has 0 bridgehead atoms. The summed E-state index contributed by atoms with van der Waals surface area (Å²) in [7, 11) is 0. The number of fused-ring (bicyclic) bond motifs is 6. The van der Waals surface area contributed by atoms with Crippen molar-refractivity contribution < 1.29 is 0 Å². The molecule has 0 nitrogen and oxygen atoms in total. The Morgan fingerprint density at radius 2 is 0.455 bits per heavy atom. The largest absolute Gasteiger partial charge is 0.0622 e. The minimum Gasteiger partial charge on any atom is -0.0622 e. The highest BCUT2D eigenvalue weighted by molar-refractivity contribution is 6.33. The first-order chi connectivity index (χ1) is 32.8. The Kier molecular flexibility index (Phi) is 9.97. The lowest BCUT2D eigenvalue weighted by Crippen LogP contribution is -1.97. The predicted molar refractivity (Wildman–Crippen MR) is 285 cm³/mol. The van der Waals surface area contributed by atoms with Crippen LogP contribution in [-0.4, -0.2) is 0 Å². The lowest BCUT2D eigenvalue weighted by Gasteiger charge is -2.25. The molecule has 0 unspecified atom stereocenters. The molecule has 0 heterocycles. The monoisotopic (exact) mass is 836 g/mol. The second-order valence-corrected chi connectivity index (χ2v) is 17.1. The smallest absolute Gasteiger partial charge is 0.000139 e. The van der Waals surface area contributed by atoms with Crippen LogP contribution in [0.3, 0.4) is 0 Å². The van der Waals surface area contributed by atoms with Gasteiger partial charge in [0.15, 0.2) is 0 Å². The van der Waals surface area contributed by atoms with E-state index >= 15 is 0 Å². The van der Waals surface area contributed by atoms with Gasteiger partial charge in [-0.25, -0.2) is 0 Å². The van der Waals surface area contributed by atoms with E-state index in [1.807, 2.05) is 0 Å². The minimum atomic E-state index is 1.23. The molecule has 0 aliphatic rings. The van der Waals surface area contributed by atoms with Gasteiger partial charge in [-0.1, -0.05) is 243 Å². The molecule has 13 rings (SSSR count). The van der Waals surface area contributed by atoms with Crippen molar-refractivity contribution in [2.75, 3.05) is 0 Å². The second kappa shape index (κ2) is 16.8. The summed E-state index contributed by atoms with van der Waals surface area (Å²) in [6.45, 7) is 0. The van der Waals surface area contributed by atoms with Crippen LogP contribution in [-0.2, 0) is 0 Å². The summed E-state index contributed by atoms with van der Waals surface area (Å²) in [6.07, 6.45) is 0. The average Bonchev–Trinajstić information content (AvgIpc) is 3.39. The molecule has 13 aromatic rings. The third kappa shape index (κ3) is 6.88. The van der Waals surface area contributed by atoms with Crippen molar-refractivity contribution in [3.8, 4) is 55.6 Å². The number of hydrogen-bond acceptors (Lipinski definition) is 0. The van der Waals surface area contributed by atoms with Gasteiger partial charge >= 0.3 is 0 Å². The number of benzene rings is 13. The van der Waals surface area contributed by atoms with E-state index in [2.05, 4.69) is 267 Å². The third-order valence-corrected chi connectivity index (χ3v) is 13.2. The van der Waals surface area contributed by atoms with Crippen LogP contribution in [0.25, 0.3) is 120 Å². The zero-order chi connectivity index (χ0) is 43.8. The zero-order valence-corrected chi connectivity index (χ0v) is 36.4. The number of rotatable bonds is 5. The molecule has 0 aliphatic heterocycles. The lowest BCUT2D eigenvalue weighted by molar-refractivity contribution is 1.63. The average molecular weight is 837 g/mol. The fraction of sp³-hybridized carbons (Fsp3) is 0. The summed E-state index contributed by atoms with van der Waals surface area (Å²) >= 11 is 0. The van der Waals surface area contributed by atoms with Crippen LogP contribution in [0.4, 0.5) is 0 Å². The van der Waals surface area contributed by atoms with Crippen molar-refractivity contribution in [3.63, 3.8) is 0 Å². The highest BCUT2D eigenvalue weighted by Gasteiger charge is 2.25. The number of hydrogen-bond donors (Lipinski definition) is 0. The molecule has 0 heteroatoms. The van der Waals surface area contributed by atoms with Crippen LogP contribution >= 0.6 is 0 Å². The van der Waals surface area contributed by atoms with E-state index in [0.29, 0.717) is 0 Å². The molecule has 0 aliphatic carbocycles. The Hall–Kier alpha value is -8.58. The fourth-order valence-electron chi connectivity index (χ4n) is 10.3. The van der Waals surface area contributed by atoms with Crippen LogP contribution < -0.4 is 0 Å². The molecule has 0 N–H and O–H groups in total. The molecular weight excluding hydrogens is 793 g/mol. The van der Waals surface area contributed by atoms with E-state index < -0.39 is 0 Å². The van der Waals surface area contributed by atoms with Gasteiger partial charge in [0.2, 0.25) is 0 Å². The molecule has 0 spiro atoms. The van der Waals surface area contributed by atoms with E-state index in [1.54, 1.807) is 0 Å². The first kappa shape index (κ1) is 39.0. The maximum Gasteiger partial charge on any atom is -0.000139 e.